The molecule has 1 unspecified atom stereocenters. The van der Waals surface area contributed by atoms with E-state index in [1.165, 1.54) is 4.90 Å². The van der Waals surface area contributed by atoms with E-state index >= 15 is 0 Å². The maximum Gasteiger partial charge on any atom is 0.417 e. The van der Waals surface area contributed by atoms with Crippen molar-refractivity contribution in [1.29, 1.82) is 0 Å². The zero-order valence-corrected chi connectivity index (χ0v) is 14.7. The minimum absolute atomic E-state index is 0.102. The topological polar surface area (TPSA) is 62.2 Å². The van der Waals surface area contributed by atoms with Gasteiger partial charge in [-0.1, -0.05) is 6.92 Å². The molecule has 2 amide bonds. The molecule has 0 saturated carbocycles. The first-order chi connectivity index (χ1) is 10.8. The van der Waals surface area contributed by atoms with Gasteiger partial charge in [0.15, 0.2) is 0 Å². The fraction of sp³-hybridized carbons (Fsp3) is 0.824. The molecule has 0 N–H and O–H groups in total. The number of piperidine rings is 1. The molecule has 23 heavy (non-hydrogen) atoms. The molecule has 0 bridgehead atoms. The summed E-state index contributed by atoms with van der Waals surface area (Å²) in [5.41, 5.74) is -0.583. The van der Waals surface area contributed by atoms with E-state index in [-0.39, 0.29) is 17.9 Å². The van der Waals surface area contributed by atoms with Gasteiger partial charge in [-0.2, -0.15) is 0 Å². The third kappa shape index (κ3) is 4.94. The molecule has 1 fully saturated rings. The Kier molecular flexibility index (Phi) is 5.65. The first-order valence-electron chi connectivity index (χ1n) is 8.62. The fourth-order valence-electron chi connectivity index (χ4n) is 3.12. The molecule has 6 nitrogen and oxygen atoms in total. The summed E-state index contributed by atoms with van der Waals surface area (Å²) in [7, 11) is 0. The number of aliphatic imine (C=N–C) groups is 1. The van der Waals surface area contributed by atoms with Gasteiger partial charge in [0.25, 0.3) is 0 Å². The number of rotatable bonds is 4. The monoisotopic (exact) mass is 323 g/mol. The van der Waals surface area contributed by atoms with Crippen molar-refractivity contribution in [2.75, 3.05) is 19.6 Å². The average molecular weight is 323 g/mol. The molecule has 2 aliphatic heterocycles. The van der Waals surface area contributed by atoms with Gasteiger partial charge in [-0.15, -0.1) is 0 Å². The smallest absolute Gasteiger partial charge is 0.417 e. The molecule has 0 aromatic heterocycles. The first kappa shape index (κ1) is 17.8. The zero-order valence-electron chi connectivity index (χ0n) is 14.7. The molecule has 0 aromatic rings. The van der Waals surface area contributed by atoms with Gasteiger partial charge in [-0.05, 0) is 46.5 Å². The maximum absolute atomic E-state index is 12.6. The summed E-state index contributed by atoms with van der Waals surface area (Å²) < 4.78 is 5.34. The number of amides is 2. The van der Waals surface area contributed by atoms with E-state index in [2.05, 4.69) is 16.8 Å². The van der Waals surface area contributed by atoms with E-state index in [1.807, 2.05) is 27.1 Å². The Morgan fingerprint density at radius 2 is 2.17 bits per heavy atom. The molecule has 0 radical (unpaired) electrons. The minimum atomic E-state index is -0.583. The molecule has 2 atom stereocenters. The van der Waals surface area contributed by atoms with Crippen molar-refractivity contribution in [3.8, 4) is 0 Å². The quantitative estimate of drug-likeness (QED) is 0.798. The van der Waals surface area contributed by atoms with Crippen LogP contribution < -0.4 is 0 Å². The molecule has 0 spiro atoms. The van der Waals surface area contributed by atoms with E-state index in [4.69, 9.17) is 4.74 Å². The standard InChI is InChI=1S/C17H29N3O3/c1-5-8-19-11-14(18-12-19)10-13-7-6-9-20(15(13)21)16(22)23-17(2,3)4/h12-14H,5-11H2,1-4H3/t13-,14?/m1/s1. The maximum atomic E-state index is 12.6. The van der Waals surface area contributed by atoms with E-state index in [0.29, 0.717) is 6.54 Å². The number of hydrogen-bond donors (Lipinski definition) is 0. The van der Waals surface area contributed by atoms with Gasteiger partial charge in [0.05, 0.1) is 12.4 Å². The minimum Gasteiger partial charge on any atom is -0.443 e. The van der Waals surface area contributed by atoms with Crippen LogP contribution in [-0.4, -0.2) is 59.4 Å². The number of hydrogen-bond acceptors (Lipinski definition) is 5. The molecule has 2 rings (SSSR count). The van der Waals surface area contributed by atoms with Crippen molar-refractivity contribution in [3.05, 3.63) is 0 Å². The summed E-state index contributed by atoms with van der Waals surface area (Å²) in [6.45, 7) is 9.92. The third-order valence-corrected chi connectivity index (χ3v) is 4.12. The largest absolute Gasteiger partial charge is 0.443 e. The van der Waals surface area contributed by atoms with E-state index in [9.17, 15) is 9.59 Å². The third-order valence-electron chi connectivity index (χ3n) is 4.12. The molecule has 6 heteroatoms. The second-order valence-electron chi connectivity index (χ2n) is 7.46. The molecular weight excluding hydrogens is 294 g/mol. The van der Waals surface area contributed by atoms with Gasteiger partial charge < -0.3 is 9.64 Å². The highest BCUT2D eigenvalue weighted by Gasteiger charge is 2.36. The van der Waals surface area contributed by atoms with Crippen LogP contribution in [0.25, 0.3) is 0 Å². The molecule has 0 aromatic carbocycles. The van der Waals surface area contributed by atoms with Crippen LogP contribution >= 0.6 is 0 Å². The Labute approximate surface area is 138 Å². The molecule has 130 valence electrons. The molecular formula is C17H29N3O3. The molecule has 2 heterocycles. The number of ether oxygens (including phenoxy) is 1. The highest BCUT2D eigenvalue weighted by molar-refractivity contribution is 5.94. The van der Waals surface area contributed by atoms with Crippen LogP contribution in [0.1, 0.15) is 53.4 Å². The summed E-state index contributed by atoms with van der Waals surface area (Å²) in [6.07, 6.45) is 4.85. The Hall–Kier alpha value is -1.59. The number of nitrogens with zero attached hydrogens (tertiary/aromatic N) is 3. The number of carbonyl (C=O) groups excluding carboxylic acids is 2. The number of likely N-dealkylation sites (tertiary alicyclic amines) is 1. The summed E-state index contributed by atoms with van der Waals surface area (Å²) in [4.78, 5) is 32.8. The van der Waals surface area contributed by atoms with Crippen molar-refractivity contribution < 1.29 is 14.3 Å². The Morgan fingerprint density at radius 3 is 2.83 bits per heavy atom. The van der Waals surface area contributed by atoms with Crippen molar-refractivity contribution in [3.63, 3.8) is 0 Å². The molecule has 2 aliphatic rings. The Bertz CT molecular complexity index is 470. The summed E-state index contributed by atoms with van der Waals surface area (Å²) in [6, 6.07) is 0.161. The van der Waals surface area contributed by atoms with Crippen LogP contribution in [0, 0.1) is 5.92 Å². The lowest BCUT2D eigenvalue weighted by Gasteiger charge is -2.33. The lowest BCUT2D eigenvalue weighted by atomic mass is 9.91. The summed E-state index contributed by atoms with van der Waals surface area (Å²) in [5, 5.41) is 0. The second-order valence-corrected chi connectivity index (χ2v) is 7.46. The van der Waals surface area contributed by atoms with Crippen molar-refractivity contribution in [2.24, 2.45) is 10.9 Å². The SMILES string of the molecule is CCCN1C=NC(C[C@H]2CCCN(C(=O)OC(C)(C)C)C2=O)C1. The summed E-state index contributed by atoms with van der Waals surface area (Å²) >= 11 is 0. The fourth-order valence-corrected chi connectivity index (χ4v) is 3.12. The van der Waals surface area contributed by atoms with Crippen LogP contribution in [0.2, 0.25) is 0 Å². The van der Waals surface area contributed by atoms with Gasteiger partial charge in [0.2, 0.25) is 5.91 Å². The lowest BCUT2D eigenvalue weighted by Crippen LogP contribution is -2.47. The Balaban J connectivity index is 1.90. The van der Waals surface area contributed by atoms with Crippen molar-refractivity contribution in [2.45, 2.75) is 65.0 Å². The van der Waals surface area contributed by atoms with E-state index < -0.39 is 11.7 Å². The van der Waals surface area contributed by atoms with Crippen LogP contribution in [0.5, 0.6) is 0 Å². The highest BCUT2D eigenvalue weighted by Crippen LogP contribution is 2.26. The van der Waals surface area contributed by atoms with Gasteiger partial charge in [0.1, 0.15) is 5.60 Å². The van der Waals surface area contributed by atoms with Crippen molar-refractivity contribution in [1.82, 2.24) is 9.80 Å². The second kappa shape index (κ2) is 7.32. The normalized spacial score (nSPS) is 25.1. The van der Waals surface area contributed by atoms with Crippen LogP contribution in [-0.2, 0) is 9.53 Å². The zero-order chi connectivity index (χ0) is 17.0. The predicted molar refractivity (Wildman–Crippen MR) is 89.4 cm³/mol. The highest BCUT2D eigenvalue weighted by atomic mass is 16.6. The predicted octanol–water partition coefficient (Wildman–Crippen LogP) is 2.67. The first-order valence-corrected chi connectivity index (χ1v) is 8.62. The van der Waals surface area contributed by atoms with Gasteiger partial charge in [-0.3, -0.25) is 9.79 Å². The average Bonchev–Trinajstić information content (AvgIpc) is 2.87. The number of imide groups is 1. The van der Waals surface area contributed by atoms with E-state index in [1.54, 1.807) is 0 Å². The lowest BCUT2D eigenvalue weighted by molar-refractivity contribution is -0.137. The van der Waals surface area contributed by atoms with Crippen molar-refractivity contribution >= 4 is 18.3 Å². The Morgan fingerprint density at radius 1 is 1.43 bits per heavy atom. The van der Waals surface area contributed by atoms with Gasteiger partial charge in [-0.25, -0.2) is 9.69 Å². The van der Waals surface area contributed by atoms with Gasteiger partial charge >= 0.3 is 6.09 Å². The molecule has 0 aliphatic carbocycles. The summed E-state index contributed by atoms with van der Waals surface area (Å²) in [5.74, 6) is -0.227. The van der Waals surface area contributed by atoms with Crippen LogP contribution in [0.15, 0.2) is 4.99 Å². The number of carbonyl (C=O) groups is 2. The van der Waals surface area contributed by atoms with Gasteiger partial charge in [0, 0.05) is 25.6 Å². The van der Waals surface area contributed by atoms with Crippen LogP contribution in [0.4, 0.5) is 4.79 Å². The molecule has 1 saturated heterocycles. The van der Waals surface area contributed by atoms with E-state index in [0.717, 1.165) is 38.8 Å². The van der Waals surface area contributed by atoms with Crippen LogP contribution in [0.3, 0.4) is 0 Å².